The Kier molecular flexibility index (Phi) is 3.77. The number of nitrogens with zero attached hydrogens (tertiary/aromatic N) is 3. The normalized spacial score (nSPS) is 9.72. The highest BCUT2D eigenvalue weighted by Crippen LogP contribution is 2.00. The molecule has 1 aromatic heterocycles. The van der Waals surface area contributed by atoms with Crippen LogP contribution in [-0.4, -0.2) is 10.8 Å². The van der Waals surface area contributed by atoms with Gasteiger partial charge in [0.1, 0.15) is 5.69 Å². The Morgan fingerprint density at radius 1 is 1.33 bits per heavy atom. The molecule has 4 heteroatoms. The number of rotatable bonds is 4. The van der Waals surface area contributed by atoms with Gasteiger partial charge in [0.25, 0.3) is 0 Å². The van der Waals surface area contributed by atoms with Gasteiger partial charge in [-0.25, -0.2) is 4.98 Å². The lowest BCUT2D eigenvalue weighted by Crippen LogP contribution is -2.38. The second-order valence-electron chi connectivity index (χ2n) is 3.84. The molecule has 0 saturated heterocycles. The van der Waals surface area contributed by atoms with Crippen molar-refractivity contribution in [1.29, 1.82) is 5.26 Å². The minimum atomic E-state index is 0.0368. The fraction of sp³-hybridized carbons (Fsp3) is 0.143. The molecule has 0 atom stereocenters. The average Bonchev–Trinajstić information content (AvgIpc) is 2.40. The lowest BCUT2D eigenvalue weighted by Gasteiger charge is -1.98. The number of carbonyl (C=O) groups is 1. The molecule has 18 heavy (non-hydrogen) atoms. The number of carbonyl (C=O) groups excluding carboxylic acids is 1. The lowest BCUT2D eigenvalue weighted by molar-refractivity contribution is -0.684. The van der Waals surface area contributed by atoms with Crippen LogP contribution in [0.25, 0.3) is 0 Å². The summed E-state index contributed by atoms with van der Waals surface area (Å²) in [6, 6.07) is 11.2. The number of ketones is 1. The first kappa shape index (κ1) is 11.9. The van der Waals surface area contributed by atoms with Crippen LogP contribution >= 0.6 is 0 Å². The number of aromatic nitrogens is 2. The smallest absolute Gasteiger partial charge is 0.227 e. The van der Waals surface area contributed by atoms with E-state index >= 15 is 0 Å². The molecular weight excluding hydrogens is 226 g/mol. The van der Waals surface area contributed by atoms with Gasteiger partial charge in [-0.3, -0.25) is 4.79 Å². The third-order valence-corrected chi connectivity index (χ3v) is 2.50. The predicted octanol–water partition coefficient (Wildman–Crippen LogP) is 1.32. The van der Waals surface area contributed by atoms with Crippen LogP contribution in [0.2, 0.25) is 0 Å². The van der Waals surface area contributed by atoms with E-state index in [1.807, 2.05) is 24.3 Å². The van der Waals surface area contributed by atoms with Crippen LogP contribution < -0.4 is 4.57 Å². The molecule has 1 heterocycles. The van der Waals surface area contributed by atoms with Crippen molar-refractivity contribution in [3.8, 4) is 6.07 Å². The van der Waals surface area contributed by atoms with Crippen molar-refractivity contribution < 1.29 is 9.36 Å². The Bertz CT molecular complexity index is 587. The third-order valence-electron chi connectivity index (χ3n) is 2.50. The Balaban J connectivity index is 2.12. The zero-order chi connectivity index (χ0) is 12.8. The van der Waals surface area contributed by atoms with Gasteiger partial charge in [0.2, 0.25) is 12.3 Å². The maximum Gasteiger partial charge on any atom is 0.227 e. The van der Waals surface area contributed by atoms with Gasteiger partial charge in [0.05, 0.1) is 18.7 Å². The Morgan fingerprint density at radius 2 is 2.11 bits per heavy atom. The number of hydrogen-bond donors (Lipinski definition) is 0. The van der Waals surface area contributed by atoms with Crippen molar-refractivity contribution in [2.24, 2.45) is 0 Å². The summed E-state index contributed by atoms with van der Waals surface area (Å²) in [7, 11) is 0. The highest BCUT2D eigenvalue weighted by Gasteiger charge is 2.12. The minimum absolute atomic E-state index is 0.0368. The van der Waals surface area contributed by atoms with Gasteiger partial charge in [0, 0.05) is 5.56 Å². The van der Waals surface area contributed by atoms with Crippen molar-refractivity contribution in [2.45, 2.75) is 13.0 Å². The molecule has 0 aliphatic heterocycles. The molecule has 0 spiro atoms. The molecule has 0 unspecified atom stereocenters. The van der Waals surface area contributed by atoms with Crippen LogP contribution in [0.5, 0.6) is 0 Å². The average molecular weight is 238 g/mol. The van der Waals surface area contributed by atoms with Gasteiger partial charge in [0.15, 0.2) is 12.4 Å². The monoisotopic (exact) mass is 238 g/mol. The molecule has 4 nitrogen and oxygen atoms in total. The van der Waals surface area contributed by atoms with E-state index in [2.05, 4.69) is 4.98 Å². The lowest BCUT2D eigenvalue weighted by atomic mass is 10.1. The fourth-order valence-electron chi connectivity index (χ4n) is 1.63. The molecule has 0 N–H and O–H groups in total. The molecule has 0 aliphatic carbocycles. The summed E-state index contributed by atoms with van der Waals surface area (Å²) in [6.45, 7) is 0.255. The molecular formula is C14H12N3O+. The molecule has 0 fully saturated rings. The number of benzene rings is 1. The summed E-state index contributed by atoms with van der Waals surface area (Å²) in [6.07, 6.45) is 5.30. The van der Waals surface area contributed by atoms with Gasteiger partial charge < -0.3 is 0 Å². The summed E-state index contributed by atoms with van der Waals surface area (Å²) in [5.74, 6) is 0.0368. The van der Waals surface area contributed by atoms with E-state index < -0.39 is 0 Å². The molecule has 88 valence electrons. The van der Waals surface area contributed by atoms with E-state index in [1.165, 1.54) is 0 Å². The van der Waals surface area contributed by atoms with Gasteiger partial charge in [-0.1, -0.05) is 30.3 Å². The fourth-order valence-corrected chi connectivity index (χ4v) is 1.63. The first-order valence-electron chi connectivity index (χ1n) is 5.59. The van der Waals surface area contributed by atoms with Crippen LogP contribution in [0.15, 0.2) is 48.9 Å². The number of Topliss-reactive ketones (excluding diaryl/α,β-unsaturated/α-hetero) is 1. The van der Waals surface area contributed by atoms with Crippen molar-refractivity contribution in [1.82, 2.24) is 4.98 Å². The first-order valence-corrected chi connectivity index (χ1v) is 5.59. The summed E-state index contributed by atoms with van der Waals surface area (Å²) in [5, 5.41) is 8.60. The largest absolute Gasteiger partial charge is 0.287 e. The zero-order valence-electron chi connectivity index (χ0n) is 9.78. The van der Waals surface area contributed by atoms with E-state index in [4.69, 9.17) is 5.26 Å². The van der Waals surface area contributed by atoms with Crippen LogP contribution in [0, 0.1) is 11.3 Å². The van der Waals surface area contributed by atoms with Crippen molar-refractivity contribution in [3.63, 3.8) is 0 Å². The van der Waals surface area contributed by atoms with Crippen LogP contribution in [0.1, 0.15) is 16.1 Å². The third kappa shape index (κ3) is 2.98. The molecule has 1 aromatic carbocycles. The number of hydrogen-bond acceptors (Lipinski definition) is 3. The zero-order valence-corrected chi connectivity index (χ0v) is 9.78. The summed E-state index contributed by atoms with van der Waals surface area (Å²) < 4.78 is 1.75. The molecule has 0 amide bonds. The van der Waals surface area contributed by atoms with E-state index in [0.717, 1.165) is 0 Å². The SMILES string of the molecule is N#CCc1c[n+](CC(=O)c2ccccc2)ccn1. The maximum atomic E-state index is 12.0. The second kappa shape index (κ2) is 5.69. The summed E-state index contributed by atoms with van der Waals surface area (Å²) in [5.41, 5.74) is 1.35. The molecule has 0 aliphatic rings. The highest BCUT2D eigenvalue weighted by atomic mass is 16.1. The molecule has 2 aromatic rings. The molecule has 2 rings (SSSR count). The quantitative estimate of drug-likeness (QED) is 0.596. The van der Waals surface area contributed by atoms with Gasteiger partial charge >= 0.3 is 0 Å². The van der Waals surface area contributed by atoms with Crippen molar-refractivity contribution >= 4 is 5.78 Å². The molecule has 0 bridgehead atoms. The predicted molar refractivity (Wildman–Crippen MR) is 64.5 cm³/mol. The number of nitriles is 1. The summed E-state index contributed by atoms with van der Waals surface area (Å²) >= 11 is 0. The standard InChI is InChI=1S/C14H12N3O/c15-7-6-13-10-17(9-8-16-13)11-14(18)12-4-2-1-3-5-12/h1-5,8-10H,6,11H2/q+1. The Morgan fingerprint density at radius 3 is 2.83 bits per heavy atom. The Hall–Kier alpha value is -2.54. The van der Waals surface area contributed by atoms with E-state index in [1.54, 1.807) is 35.3 Å². The van der Waals surface area contributed by atoms with E-state index in [9.17, 15) is 4.79 Å². The Labute approximate surface area is 105 Å². The maximum absolute atomic E-state index is 12.0. The topological polar surface area (TPSA) is 57.6 Å². The molecule has 0 radical (unpaired) electrons. The van der Waals surface area contributed by atoms with Gasteiger partial charge in [-0.15, -0.1) is 0 Å². The summed E-state index contributed by atoms with van der Waals surface area (Å²) in [4.78, 5) is 16.0. The highest BCUT2D eigenvalue weighted by molar-refractivity contribution is 5.94. The van der Waals surface area contributed by atoms with Crippen molar-refractivity contribution in [2.75, 3.05) is 0 Å². The van der Waals surface area contributed by atoms with Crippen molar-refractivity contribution in [3.05, 3.63) is 60.2 Å². The first-order chi connectivity index (χ1) is 8.79. The molecule has 0 saturated carbocycles. The van der Waals surface area contributed by atoms with Gasteiger partial charge in [-0.05, 0) is 0 Å². The minimum Gasteiger partial charge on any atom is -0.287 e. The van der Waals surface area contributed by atoms with Gasteiger partial charge in [-0.2, -0.15) is 9.83 Å². The van der Waals surface area contributed by atoms with E-state index in [0.29, 0.717) is 11.3 Å². The van der Waals surface area contributed by atoms with Crippen LogP contribution in [-0.2, 0) is 13.0 Å². The van der Waals surface area contributed by atoms with E-state index in [-0.39, 0.29) is 18.7 Å². The van der Waals surface area contributed by atoms with Crippen LogP contribution in [0.4, 0.5) is 0 Å². The second-order valence-corrected chi connectivity index (χ2v) is 3.84. The van der Waals surface area contributed by atoms with Crippen LogP contribution in [0.3, 0.4) is 0 Å².